The molecule has 0 saturated carbocycles. The van der Waals surface area contributed by atoms with E-state index in [1.807, 2.05) is 11.8 Å². The molecule has 2 atom stereocenters. The fourth-order valence-electron chi connectivity index (χ4n) is 3.23. The van der Waals surface area contributed by atoms with Gasteiger partial charge in [-0.05, 0) is 50.4 Å². The van der Waals surface area contributed by atoms with Crippen molar-refractivity contribution in [1.82, 2.24) is 9.88 Å². The number of hydrogen-bond donors (Lipinski definition) is 1. The average Bonchev–Trinajstić information content (AvgIpc) is 3.11. The van der Waals surface area contributed by atoms with E-state index in [9.17, 15) is 9.18 Å². The number of carbonyl (C=O) groups is 1. The lowest BCUT2D eigenvalue weighted by molar-refractivity contribution is 0.0747. The summed E-state index contributed by atoms with van der Waals surface area (Å²) in [4.78, 5) is 20.0. The van der Waals surface area contributed by atoms with E-state index in [-0.39, 0.29) is 17.8 Å². The molecule has 1 aromatic heterocycles. The number of halogens is 1. The van der Waals surface area contributed by atoms with Gasteiger partial charge in [-0.15, -0.1) is 11.3 Å². The maximum atomic E-state index is 13.0. The minimum Gasteiger partial charge on any atom is -0.335 e. The minimum atomic E-state index is -0.248. The predicted molar refractivity (Wildman–Crippen MR) is 93.7 cm³/mol. The Kier molecular flexibility index (Phi) is 4.96. The molecule has 128 valence electrons. The second kappa shape index (κ2) is 6.99. The van der Waals surface area contributed by atoms with Gasteiger partial charge in [0, 0.05) is 19.0 Å². The van der Waals surface area contributed by atoms with E-state index >= 15 is 0 Å². The van der Waals surface area contributed by atoms with Crippen molar-refractivity contribution in [1.29, 1.82) is 0 Å². The molecule has 2 N–H and O–H groups in total. The van der Waals surface area contributed by atoms with Crippen molar-refractivity contribution in [3.05, 3.63) is 51.2 Å². The topological polar surface area (TPSA) is 59.2 Å². The van der Waals surface area contributed by atoms with E-state index in [0.717, 1.165) is 29.2 Å². The number of benzene rings is 1. The number of hydrogen-bond acceptors (Lipinski definition) is 4. The number of amides is 1. The van der Waals surface area contributed by atoms with Crippen LogP contribution in [0.4, 0.5) is 4.39 Å². The number of nitrogens with two attached hydrogens (primary N) is 1. The van der Waals surface area contributed by atoms with Gasteiger partial charge in [-0.3, -0.25) is 4.79 Å². The first-order chi connectivity index (χ1) is 11.5. The smallest absolute Gasteiger partial charge is 0.266 e. The summed E-state index contributed by atoms with van der Waals surface area (Å²) in [6.45, 7) is 5.29. The normalized spacial score (nSPS) is 20.6. The zero-order valence-electron chi connectivity index (χ0n) is 14.0. The van der Waals surface area contributed by atoms with Crippen molar-refractivity contribution in [3.8, 4) is 0 Å². The van der Waals surface area contributed by atoms with Crippen LogP contribution in [-0.2, 0) is 6.42 Å². The molecule has 1 aliphatic rings. The zero-order chi connectivity index (χ0) is 17.3. The third-order valence-corrected chi connectivity index (χ3v) is 5.70. The third-order valence-electron chi connectivity index (χ3n) is 4.56. The summed E-state index contributed by atoms with van der Waals surface area (Å²) < 4.78 is 13.0. The van der Waals surface area contributed by atoms with E-state index in [1.165, 1.54) is 23.5 Å². The molecule has 2 heterocycles. The van der Waals surface area contributed by atoms with E-state index < -0.39 is 0 Å². The standard InChI is InChI=1S/C18H22FN3OS/c1-11-7-14(9-20)10-22(11)18(23)17-12(2)21-16(24-17)8-13-3-5-15(19)6-4-13/h3-6,11,14H,7-10,20H2,1-2H3. The first-order valence-corrected chi connectivity index (χ1v) is 9.01. The number of aryl methyl sites for hydroxylation is 1. The van der Waals surface area contributed by atoms with Gasteiger partial charge in [0.1, 0.15) is 10.7 Å². The maximum absolute atomic E-state index is 13.0. The molecule has 1 aliphatic heterocycles. The molecule has 3 rings (SSSR count). The SMILES string of the molecule is Cc1nc(Cc2ccc(F)cc2)sc1C(=O)N1CC(CN)CC1C. The molecule has 0 bridgehead atoms. The number of likely N-dealkylation sites (tertiary alicyclic amines) is 1. The van der Waals surface area contributed by atoms with E-state index in [2.05, 4.69) is 11.9 Å². The second-order valence-electron chi connectivity index (χ2n) is 6.47. The quantitative estimate of drug-likeness (QED) is 0.925. The summed E-state index contributed by atoms with van der Waals surface area (Å²) in [5.74, 6) is 0.192. The number of carbonyl (C=O) groups excluding carboxylic acids is 1. The highest BCUT2D eigenvalue weighted by Crippen LogP contribution is 2.28. The Morgan fingerprint density at radius 2 is 2.12 bits per heavy atom. The Hall–Kier alpha value is -1.79. The Morgan fingerprint density at radius 1 is 1.42 bits per heavy atom. The molecule has 6 heteroatoms. The molecule has 4 nitrogen and oxygen atoms in total. The van der Waals surface area contributed by atoms with Crippen LogP contribution in [0.3, 0.4) is 0 Å². The molecule has 0 aliphatic carbocycles. The summed E-state index contributed by atoms with van der Waals surface area (Å²) in [7, 11) is 0. The molecule has 1 aromatic carbocycles. The zero-order valence-corrected chi connectivity index (χ0v) is 14.8. The van der Waals surface area contributed by atoms with Crippen molar-refractivity contribution in [2.75, 3.05) is 13.1 Å². The first-order valence-electron chi connectivity index (χ1n) is 8.19. The summed E-state index contributed by atoms with van der Waals surface area (Å²) in [6.07, 6.45) is 1.57. The Balaban J connectivity index is 1.76. The van der Waals surface area contributed by atoms with Crippen LogP contribution < -0.4 is 5.73 Å². The van der Waals surface area contributed by atoms with Crippen LogP contribution in [0, 0.1) is 18.7 Å². The Bertz CT molecular complexity index is 728. The lowest BCUT2D eigenvalue weighted by Gasteiger charge is -2.20. The van der Waals surface area contributed by atoms with Gasteiger partial charge in [0.2, 0.25) is 0 Å². The molecule has 2 unspecified atom stereocenters. The Morgan fingerprint density at radius 3 is 2.75 bits per heavy atom. The minimum absolute atomic E-state index is 0.0545. The van der Waals surface area contributed by atoms with E-state index in [1.54, 1.807) is 12.1 Å². The molecular formula is C18H22FN3OS. The summed E-state index contributed by atoms with van der Waals surface area (Å²) in [6, 6.07) is 6.61. The second-order valence-corrected chi connectivity index (χ2v) is 7.55. The van der Waals surface area contributed by atoms with Gasteiger partial charge in [0.05, 0.1) is 10.7 Å². The van der Waals surface area contributed by atoms with Crippen LogP contribution in [0.2, 0.25) is 0 Å². The molecule has 1 amide bonds. The van der Waals surface area contributed by atoms with Crippen molar-refractivity contribution >= 4 is 17.2 Å². The first kappa shape index (κ1) is 17.0. The highest BCUT2D eigenvalue weighted by Gasteiger charge is 2.33. The lowest BCUT2D eigenvalue weighted by Crippen LogP contribution is -2.34. The predicted octanol–water partition coefficient (Wildman–Crippen LogP) is 2.99. The van der Waals surface area contributed by atoms with Crippen molar-refractivity contribution in [3.63, 3.8) is 0 Å². The number of thiazole rings is 1. The van der Waals surface area contributed by atoms with E-state index in [4.69, 9.17) is 5.73 Å². The lowest BCUT2D eigenvalue weighted by atomic mass is 10.1. The van der Waals surface area contributed by atoms with Gasteiger partial charge in [-0.2, -0.15) is 0 Å². The van der Waals surface area contributed by atoms with Crippen molar-refractivity contribution < 1.29 is 9.18 Å². The largest absolute Gasteiger partial charge is 0.335 e. The number of aromatic nitrogens is 1. The fourth-order valence-corrected chi connectivity index (χ4v) is 4.28. The monoisotopic (exact) mass is 347 g/mol. The summed E-state index contributed by atoms with van der Waals surface area (Å²) in [5.41, 5.74) is 7.51. The van der Waals surface area contributed by atoms with Crippen LogP contribution in [0.1, 0.15) is 39.3 Å². The van der Waals surface area contributed by atoms with Gasteiger partial charge in [0.25, 0.3) is 5.91 Å². The van der Waals surface area contributed by atoms with Crippen LogP contribution in [0.15, 0.2) is 24.3 Å². The van der Waals surface area contributed by atoms with Gasteiger partial charge >= 0.3 is 0 Å². The van der Waals surface area contributed by atoms with Crippen LogP contribution in [0.5, 0.6) is 0 Å². The van der Waals surface area contributed by atoms with Crippen LogP contribution in [-0.4, -0.2) is 34.9 Å². The molecule has 24 heavy (non-hydrogen) atoms. The molecule has 1 saturated heterocycles. The Labute approximate surface area is 145 Å². The highest BCUT2D eigenvalue weighted by atomic mass is 32.1. The summed E-state index contributed by atoms with van der Waals surface area (Å²) in [5, 5.41) is 0.879. The molecule has 2 aromatic rings. The fraction of sp³-hybridized carbons (Fsp3) is 0.444. The van der Waals surface area contributed by atoms with Gasteiger partial charge < -0.3 is 10.6 Å². The molecule has 0 radical (unpaired) electrons. The van der Waals surface area contributed by atoms with Gasteiger partial charge in [-0.25, -0.2) is 9.37 Å². The third kappa shape index (κ3) is 3.49. The summed E-state index contributed by atoms with van der Waals surface area (Å²) >= 11 is 1.44. The van der Waals surface area contributed by atoms with Gasteiger partial charge in [-0.1, -0.05) is 12.1 Å². The average molecular weight is 347 g/mol. The maximum Gasteiger partial charge on any atom is 0.266 e. The molecule has 0 spiro atoms. The number of rotatable bonds is 4. The van der Waals surface area contributed by atoms with Crippen LogP contribution >= 0.6 is 11.3 Å². The molecule has 1 fully saturated rings. The number of nitrogens with zero attached hydrogens (tertiary/aromatic N) is 2. The van der Waals surface area contributed by atoms with Crippen LogP contribution in [0.25, 0.3) is 0 Å². The van der Waals surface area contributed by atoms with Crippen molar-refractivity contribution in [2.45, 2.75) is 32.7 Å². The van der Waals surface area contributed by atoms with Crippen molar-refractivity contribution in [2.24, 2.45) is 11.7 Å². The molecular weight excluding hydrogens is 325 g/mol. The van der Waals surface area contributed by atoms with E-state index in [0.29, 0.717) is 23.8 Å². The highest BCUT2D eigenvalue weighted by molar-refractivity contribution is 7.13. The van der Waals surface area contributed by atoms with Gasteiger partial charge in [0.15, 0.2) is 0 Å².